The maximum absolute atomic E-state index is 10.7. The molecule has 0 aromatic heterocycles. The van der Waals surface area contributed by atoms with Crippen molar-refractivity contribution in [3.8, 4) is 0 Å². The van der Waals surface area contributed by atoms with Crippen LogP contribution < -0.4 is 5.32 Å². The third kappa shape index (κ3) is 3.19. The van der Waals surface area contributed by atoms with Crippen molar-refractivity contribution in [2.75, 3.05) is 13.7 Å². The molecule has 0 radical (unpaired) electrons. The molecule has 4 heteroatoms. The zero-order chi connectivity index (χ0) is 9.78. The molecule has 0 rings (SSSR count). The second kappa shape index (κ2) is 4.42. The van der Waals surface area contributed by atoms with Crippen molar-refractivity contribution in [3.05, 3.63) is 0 Å². The van der Waals surface area contributed by atoms with Gasteiger partial charge in [-0.3, -0.25) is 4.79 Å². The maximum Gasteiger partial charge on any atom is 0.326 e. The van der Waals surface area contributed by atoms with E-state index in [2.05, 4.69) is 5.32 Å². The number of aliphatic carboxylic acids is 1. The molecular weight excluding hydrogens is 158 g/mol. The number of nitrogens with one attached hydrogen (secondary N) is 1. The molecule has 0 spiro atoms. The van der Waals surface area contributed by atoms with Gasteiger partial charge in [0.05, 0.1) is 12.7 Å². The molecule has 0 aromatic rings. The van der Waals surface area contributed by atoms with Crippen LogP contribution in [0.5, 0.6) is 0 Å². The second-order valence-electron chi connectivity index (χ2n) is 3.25. The van der Waals surface area contributed by atoms with Crippen LogP contribution in [0.15, 0.2) is 0 Å². The SMILES string of the molecule is CNC(C)(COC(C)C)C(=O)O. The second-order valence-corrected chi connectivity index (χ2v) is 3.25. The summed E-state index contributed by atoms with van der Waals surface area (Å²) in [5, 5.41) is 11.5. The van der Waals surface area contributed by atoms with Gasteiger partial charge in [-0.25, -0.2) is 0 Å². The number of carboxylic acid groups (broad SMARTS) is 1. The van der Waals surface area contributed by atoms with Crippen molar-refractivity contribution in [1.29, 1.82) is 0 Å². The summed E-state index contributed by atoms with van der Waals surface area (Å²) in [5.74, 6) is -0.898. The predicted molar refractivity (Wildman–Crippen MR) is 46.2 cm³/mol. The van der Waals surface area contributed by atoms with Gasteiger partial charge in [-0.15, -0.1) is 0 Å². The minimum absolute atomic E-state index is 0.0528. The fourth-order valence-electron chi connectivity index (χ4n) is 0.574. The average Bonchev–Trinajstić information content (AvgIpc) is 1.99. The lowest BCUT2D eigenvalue weighted by Crippen LogP contribution is -2.51. The van der Waals surface area contributed by atoms with Gasteiger partial charge in [-0.1, -0.05) is 0 Å². The highest BCUT2D eigenvalue weighted by Gasteiger charge is 2.31. The van der Waals surface area contributed by atoms with Crippen molar-refractivity contribution in [3.63, 3.8) is 0 Å². The monoisotopic (exact) mass is 175 g/mol. The molecule has 0 amide bonds. The van der Waals surface area contributed by atoms with Gasteiger partial charge in [-0.2, -0.15) is 0 Å². The van der Waals surface area contributed by atoms with Gasteiger partial charge in [0.25, 0.3) is 0 Å². The lowest BCUT2D eigenvalue weighted by atomic mass is 10.1. The molecule has 1 unspecified atom stereocenters. The molecule has 12 heavy (non-hydrogen) atoms. The highest BCUT2D eigenvalue weighted by atomic mass is 16.5. The molecule has 0 saturated carbocycles. The Morgan fingerprint density at radius 1 is 1.67 bits per heavy atom. The molecule has 0 fully saturated rings. The third-order valence-corrected chi connectivity index (χ3v) is 1.73. The summed E-state index contributed by atoms with van der Waals surface area (Å²) in [6, 6.07) is 0. The number of hydrogen-bond acceptors (Lipinski definition) is 3. The van der Waals surface area contributed by atoms with Gasteiger partial charge in [0.1, 0.15) is 5.54 Å². The molecular formula is C8H17NO3. The first kappa shape index (κ1) is 11.4. The summed E-state index contributed by atoms with van der Waals surface area (Å²) >= 11 is 0. The molecule has 0 bridgehead atoms. The lowest BCUT2D eigenvalue weighted by Gasteiger charge is -2.24. The molecule has 0 aliphatic carbocycles. The minimum atomic E-state index is -0.982. The van der Waals surface area contributed by atoms with Crippen molar-refractivity contribution in [1.82, 2.24) is 5.32 Å². The predicted octanol–water partition coefficient (Wildman–Crippen LogP) is 0.474. The zero-order valence-electron chi connectivity index (χ0n) is 8.05. The van der Waals surface area contributed by atoms with Crippen LogP contribution >= 0.6 is 0 Å². The van der Waals surface area contributed by atoms with E-state index in [0.29, 0.717) is 0 Å². The Labute approximate surface area is 72.9 Å². The number of ether oxygens (including phenoxy) is 1. The van der Waals surface area contributed by atoms with Gasteiger partial charge >= 0.3 is 5.97 Å². The Morgan fingerprint density at radius 3 is 2.42 bits per heavy atom. The molecule has 1 atom stereocenters. The molecule has 0 aromatic carbocycles. The standard InChI is InChI=1S/C8H17NO3/c1-6(2)12-5-8(3,9-4)7(10)11/h6,9H,5H2,1-4H3,(H,10,11). The number of carboxylic acids is 1. The minimum Gasteiger partial charge on any atom is -0.480 e. The van der Waals surface area contributed by atoms with Crippen molar-refractivity contribution < 1.29 is 14.6 Å². The largest absolute Gasteiger partial charge is 0.480 e. The van der Waals surface area contributed by atoms with Crippen LogP contribution in [0.4, 0.5) is 0 Å². The van der Waals surface area contributed by atoms with E-state index in [0.717, 1.165) is 0 Å². The molecule has 2 N–H and O–H groups in total. The lowest BCUT2D eigenvalue weighted by molar-refractivity contribution is -0.147. The van der Waals surface area contributed by atoms with Gasteiger partial charge in [0.15, 0.2) is 0 Å². The van der Waals surface area contributed by atoms with Crippen molar-refractivity contribution in [2.24, 2.45) is 0 Å². The summed E-state index contributed by atoms with van der Waals surface area (Å²) in [4.78, 5) is 10.7. The quantitative estimate of drug-likeness (QED) is 0.638. The third-order valence-electron chi connectivity index (χ3n) is 1.73. The van der Waals surface area contributed by atoms with E-state index in [4.69, 9.17) is 9.84 Å². The Hall–Kier alpha value is -0.610. The number of rotatable bonds is 5. The van der Waals surface area contributed by atoms with E-state index in [1.54, 1.807) is 14.0 Å². The Morgan fingerprint density at radius 2 is 2.17 bits per heavy atom. The molecule has 0 aliphatic heterocycles. The van der Waals surface area contributed by atoms with E-state index in [1.165, 1.54) is 0 Å². The molecule has 0 aliphatic rings. The first-order valence-electron chi connectivity index (χ1n) is 3.96. The van der Waals surface area contributed by atoms with Crippen molar-refractivity contribution in [2.45, 2.75) is 32.4 Å². The smallest absolute Gasteiger partial charge is 0.326 e. The summed E-state index contributed by atoms with van der Waals surface area (Å²) in [7, 11) is 1.61. The Balaban J connectivity index is 4.06. The van der Waals surface area contributed by atoms with Crippen LogP contribution in [0.1, 0.15) is 20.8 Å². The highest BCUT2D eigenvalue weighted by molar-refractivity contribution is 5.78. The summed E-state index contributed by atoms with van der Waals surface area (Å²) < 4.78 is 5.22. The van der Waals surface area contributed by atoms with E-state index in [1.807, 2.05) is 13.8 Å². The van der Waals surface area contributed by atoms with Crippen LogP contribution in [0.25, 0.3) is 0 Å². The first-order valence-corrected chi connectivity index (χ1v) is 3.96. The Bertz CT molecular complexity index is 158. The first-order chi connectivity index (χ1) is 5.42. The zero-order valence-corrected chi connectivity index (χ0v) is 8.05. The summed E-state index contributed by atoms with van der Waals surface area (Å²) in [5.41, 5.74) is -0.982. The number of carbonyl (C=O) groups is 1. The fraction of sp³-hybridized carbons (Fsp3) is 0.875. The van der Waals surface area contributed by atoms with Gasteiger partial charge in [-0.05, 0) is 27.8 Å². The fourth-order valence-corrected chi connectivity index (χ4v) is 0.574. The topological polar surface area (TPSA) is 58.6 Å². The van der Waals surface area contributed by atoms with E-state index in [9.17, 15) is 4.79 Å². The van der Waals surface area contributed by atoms with E-state index in [-0.39, 0.29) is 12.7 Å². The van der Waals surface area contributed by atoms with Crippen LogP contribution in [0.2, 0.25) is 0 Å². The summed E-state index contributed by atoms with van der Waals surface area (Å²) in [6.07, 6.45) is 0.0528. The van der Waals surface area contributed by atoms with Gasteiger partial charge in [0, 0.05) is 0 Å². The van der Waals surface area contributed by atoms with Crippen LogP contribution in [0, 0.1) is 0 Å². The normalized spacial score (nSPS) is 16.1. The molecule has 4 nitrogen and oxygen atoms in total. The van der Waals surface area contributed by atoms with Crippen LogP contribution in [-0.4, -0.2) is 36.4 Å². The Kier molecular flexibility index (Phi) is 4.20. The van der Waals surface area contributed by atoms with E-state index >= 15 is 0 Å². The summed E-state index contributed by atoms with van der Waals surface area (Å²) in [6.45, 7) is 5.52. The maximum atomic E-state index is 10.7. The van der Waals surface area contributed by atoms with Crippen molar-refractivity contribution >= 4 is 5.97 Å². The van der Waals surface area contributed by atoms with Gasteiger partial charge < -0.3 is 15.2 Å². The van der Waals surface area contributed by atoms with E-state index < -0.39 is 11.5 Å². The van der Waals surface area contributed by atoms with Gasteiger partial charge in [0.2, 0.25) is 0 Å². The number of likely N-dealkylation sites (N-methyl/N-ethyl adjacent to an activating group) is 1. The van der Waals surface area contributed by atoms with Crippen LogP contribution in [0.3, 0.4) is 0 Å². The molecule has 0 saturated heterocycles. The molecule has 72 valence electrons. The van der Waals surface area contributed by atoms with Crippen LogP contribution in [-0.2, 0) is 9.53 Å². The average molecular weight is 175 g/mol. The highest BCUT2D eigenvalue weighted by Crippen LogP contribution is 2.05. The number of hydrogen-bond donors (Lipinski definition) is 2. The molecule has 0 heterocycles.